The zero-order chi connectivity index (χ0) is 34.2. The van der Waals surface area contributed by atoms with E-state index in [0.29, 0.717) is 0 Å². The molecule has 0 amide bonds. The molecule has 0 saturated carbocycles. The molecule has 0 heterocycles. The van der Waals surface area contributed by atoms with Gasteiger partial charge in [-0.3, -0.25) is 0 Å². The van der Waals surface area contributed by atoms with E-state index in [0.717, 1.165) is 0 Å². The molecule has 3 atom stereocenters. The predicted octanol–water partition coefficient (Wildman–Crippen LogP) is 9.77. The quantitative estimate of drug-likeness (QED) is 0.0982. The minimum absolute atomic E-state index is 1.19. The average molecular weight is 900 g/mol. The van der Waals surface area contributed by atoms with Crippen molar-refractivity contribution in [3.05, 3.63) is 0 Å². The largest absolute Gasteiger partial charge is 0.387 e. The molecule has 3 unspecified atom stereocenters. The summed E-state index contributed by atoms with van der Waals surface area (Å²) in [6.07, 6.45) is -16.4. The Bertz CT molecular complexity index is 931. The summed E-state index contributed by atoms with van der Waals surface area (Å²) in [5.74, 6) is -77.9. The maximum absolute atomic E-state index is 14.2. The van der Waals surface area contributed by atoms with E-state index in [1.54, 1.807) is 0 Å². The van der Waals surface area contributed by atoms with Crippen molar-refractivity contribution in [3.63, 3.8) is 0 Å². The molecular formula is C14H3F25I2. The van der Waals surface area contributed by atoms with Gasteiger partial charge in [-0.15, -0.1) is 0 Å². The van der Waals surface area contributed by atoms with E-state index in [1.807, 2.05) is 0 Å². The standard InChI is InChI=1S/C14H3F25I2/c15-1(3(17)18)2(16)4(19,20)5(21,22)10(31,32)13(37,40)11(33,34)8(27,28)6(23,24)7(25,26)9(29,30)12(35,36)14(38,39)41/h1-3H. The summed E-state index contributed by atoms with van der Waals surface area (Å²) in [6, 6.07) is 0. The lowest BCUT2D eigenvalue weighted by Gasteiger charge is -2.46. The lowest BCUT2D eigenvalue weighted by molar-refractivity contribution is -0.447. The van der Waals surface area contributed by atoms with Gasteiger partial charge in [0.2, 0.25) is 6.17 Å². The van der Waals surface area contributed by atoms with Crippen molar-refractivity contribution in [2.75, 3.05) is 0 Å². The van der Waals surface area contributed by atoms with Crippen LogP contribution in [0.25, 0.3) is 0 Å². The zero-order valence-corrected chi connectivity index (χ0v) is 21.8. The highest BCUT2D eigenvalue weighted by Gasteiger charge is 2.97. The molecule has 0 N–H and O–H groups in total. The van der Waals surface area contributed by atoms with E-state index in [-0.39, 0.29) is 0 Å². The first-order chi connectivity index (χ1) is 17.3. The number of alkyl halides is 27. The van der Waals surface area contributed by atoms with Crippen molar-refractivity contribution >= 4 is 45.2 Å². The Morgan fingerprint density at radius 1 is 0.341 bits per heavy atom. The molecule has 0 aliphatic carbocycles. The van der Waals surface area contributed by atoms with Gasteiger partial charge in [-0.2, -0.15) is 87.8 Å². The van der Waals surface area contributed by atoms with Crippen LogP contribution in [0, 0.1) is 0 Å². The Balaban J connectivity index is 7.26. The predicted molar refractivity (Wildman–Crippen MR) is 97.1 cm³/mol. The van der Waals surface area contributed by atoms with Crippen LogP contribution in [0.5, 0.6) is 0 Å². The summed E-state index contributed by atoms with van der Waals surface area (Å²) in [6.45, 7) is 0. The van der Waals surface area contributed by atoms with E-state index in [4.69, 9.17) is 0 Å². The molecule has 248 valence electrons. The van der Waals surface area contributed by atoms with Crippen LogP contribution in [0.4, 0.5) is 110 Å². The normalized spacial score (nSPS) is 19.3. The molecule has 0 aliphatic heterocycles. The minimum atomic E-state index is -9.18. The fourth-order valence-corrected chi connectivity index (χ4v) is 3.28. The van der Waals surface area contributed by atoms with Crippen molar-refractivity contribution in [1.82, 2.24) is 0 Å². The molecule has 27 heteroatoms. The van der Waals surface area contributed by atoms with E-state index >= 15 is 0 Å². The SMILES string of the molecule is FC(F)C(F)C(F)C(F)(F)C(F)(F)C(F)(F)C(F)(I)C(F)(F)C(F)(F)C(F)(F)C(F)(F)C(F)(F)C(F)(F)C(F)(F)I. The third-order valence-electron chi connectivity index (χ3n) is 4.80. The van der Waals surface area contributed by atoms with Gasteiger partial charge in [0.1, 0.15) is 0 Å². The van der Waals surface area contributed by atoms with Crippen LogP contribution in [0.2, 0.25) is 0 Å². The second-order valence-corrected chi connectivity index (χ2v) is 10.3. The van der Waals surface area contributed by atoms with Crippen LogP contribution in [0.3, 0.4) is 0 Å². The molecule has 0 bridgehead atoms. The Morgan fingerprint density at radius 2 is 0.585 bits per heavy atom. The first-order valence-electron chi connectivity index (χ1n) is 8.67. The molecule has 0 aromatic rings. The third-order valence-corrected chi connectivity index (χ3v) is 6.83. The van der Waals surface area contributed by atoms with E-state index in [1.165, 1.54) is 0 Å². The molecule has 0 fully saturated rings. The van der Waals surface area contributed by atoms with Crippen LogP contribution >= 0.6 is 45.2 Å². The summed E-state index contributed by atoms with van der Waals surface area (Å²) < 4.78 is 319. The van der Waals surface area contributed by atoms with Crippen molar-refractivity contribution in [2.24, 2.45) is 0 Å². The summed E-state index contributed by atoms with van der Waals surface area (Å²) in [7, 11) is 0. The highest BCUT2D eigenvalue weighted by Crippen LogP contribution is 2.68. The molecule has 0 aromatic heterocycles. The smallest absolute Gasteiger partial charge is 0.238 e. The molecule has 41 heavy (non-hydrogen) atoms. The fourth-order valence-electron chi connectivity index (χ4n) is 2.27. The number of hydrogen-bond donors (Lipinski definition) is 0. The molecule has 0 nitrogen and oxygen atoms in total. The van der Waals surface area contributed by atoms with Crippen molar-refractivity contribution in [1.29, 1.82) is 0 Å². The highest BCUT2D eigenvalue weighted by molar-refractivity contribution is 14.1. The van der Waals surface area contributed by atoms with Crippen LogP contribution in [-0.4, -0.2) is 79.7 Å². The summed E-state index contributed by atoms with van der Waals surface area (Å²) >= 11 is -3.13. The van der Waals surface area contributed by atoms with E-state index in [2.05, 4.69) is 0 Å². The van der Waals surface area contributed by atoms with Gasteiger partial charge in [-0.05, 0) is 22.6 Å². The first-order valence-corrected chi connectivity index (χ1v) is 10.8. The van der Waals surface area contributed by atoms with Gasteiger partial charge in [0.05, 0.1) is 0 Å². The molecule has 0 radical (unpaired) electrons. The maximum atomic E-state index is 14.2. The molecule has 0 saturated heterocycles. The molecule has 0 rings (SSSR count). The van der Waals surface area contributed by atoms with Gasteiger partial charge in [0.15, 0.2) is 6.17 Å². The third kappa shape index (κ3) is 5.25. The summed E-state index contributed by atoms with van der Waals surface area (Å²) in [4.78, 5) is 0. The van der Waals surface area contributed by atoms with Gasteiger partial charge < -0.3 is 0 Å². The monoisotopic (exact) mass is 900 g/mol. The van der Waals surface area contributed by atoms with E-state index < -0.39 is 125 Å². The van der Waals surface area contributed by atoms with Crippen molar-refractivity contribution in [2.45, 2.75) is 79.7 Å². The minimum Gasteiger partial charge on any atom is -0.238 e. The topological polar surface area (TPSA) is 0 Å². The average Bonchev–Trinajstić information content (AvgIpc) is 2.75. The maximum Gasteiger partial charge on any atom is 0.387 e. The lowest BCUT2D eigenvalue weighted by atomic mass is 9.86. The van der Waals surface area contributed by atoms with Crippen molar-refractivity contribution < 1.29 is 110 Å². The van der Waals surface area contributed by atoms with Gasteiger partial charge >= 0.3 is 57.2 Å². The van der Waals surface area contributed by atoms with Gasteiger partial charge in [0, 0.05) is 22.6 Å². The van der Waals surface area contributed by atoms with Crippen LogP contribution < -0.4 is 0 Å². The summed E-state index contributed by atoms with van der Waals surface area (Å²) in [5.41, 5.74) is 0. The van der Waals surface area contributed by atoms with Crippen LogP contribution in [0.1, 0.15) is 0 Å². The molecule has 0 spiro atoms. The lowest BCUT2D eigenvalue weighted by Crippen LogP contribution is -2.77. The Kier molecular flexibility index (Phi) is 10.6. The number of halogens is 27. The van der Waals surface area contributed by atoms with Crippen LogP contribution in [-0.2, 0) is 0 Å². The molecule has 0 aromatic carbocycles. The Labute approximate surface area is 234 Å². The fraction of sp³-hybridized carbons (Fsp3) is 1.00. The van der Waals surface area contributed by atoms with Crippen molar-refractivity contribution in [3.8, 4) is 0 Å². The Hall–Kier alpha value is -0.290. The van der Waals surface area contributed by atoms with E-state index in [9.17, 15) is 110 Å². The van der Waals surface area contributed by atoms with Gasteiger partial charge in [-0.25, -0.2) is 22.0 Å². The molecular weight excluding hydrogens is 897 g/mol. The second-order valence-electron chi connectivity index (χ2n) is 7.47. The zero-order valence-electron chi connectivity index (χ0n) is 17.4. The van der Waals surface area contributed by atoms with Gasteiger partial charge in [-0.1, -0.05) is 0 Å². The molecule has 0 aliphatic rings. The summed E-state index contributed by atoms with van der Waals surface area (Å²) in [5, 5.41) is 0. The Morgan fingerprint density at radius 3 is 0.854 bits per heavy atom. The first kappa shape index (κ1) is 40.7. The number of rotatable bonds is 13. The highest BCUT2D eigenvalue weighted by atomic mass is 127. The number of hydrogen-bond acceptors (Lipinski definition) is 0. The van der Waals surface area contributed by atoms with Crippen LogP contribution in [0.15, 0.2) is 0 Å². The second kappa shape index (κ2) is 10.7. The van der Waals surface area contributed by atoms with Gasteiger partial charge in [0.25, 0.3) is 10.1 Å².